The Morgan fingerprint density at radius 3 is 2.89 bits per heavy atom. The van der Waals surface area contributed by atoms with Crippen molar-refractivity contribution in [2.24, 2.45) is 17.8 Å². The number of pyridine rings is 1. The van der Waals surface area contributed by atoms with E-state index >= 15 is 0 Å². The topological polar surface area (TPSA) is 97.2 Å². The van der Waals surface area contributed by atoms with E-state index in [1.165, 1.54) is 6.07 Å². The minimum atomic E-state index is -0.446. The second-order valence-electron chi connectivity index (χ2n) is 9.32. The van der Waals surface area contributed by atoms with Gasteiger partial charge in [0.25, 0.3) is 0 Å². The molecule has 0 radical (unpaired) electrons. The van der Waals surface area contributed by atoms with Gasteiger partial charge in [-0.3, -0.25) is 4.79 Å². The number of aromatic nitrogens is 5. The van der Waals surface area contributed by atoms with Gasteiger partial charge >= 0.3 is 5.97 Å². The van der Waals surface area contributed by atoms with E-state index in [0.29, 0.717) is 52.4 Å². The Morgan fingerprint density at radius 1 is 1.31 bits per heavy atom. The number of fused-ring (bicyclic) bond motifs is 5. The van der Waals surface area contributed by atoms with E-state index in [2.05, 4.69) is 26.3 Å². The molecule has 2 atom stereocenters. The lowest BCUT2D eigenvalue weighted by Gasteiger charge is -2.47. The number of ether oxygens (including phenoxy) is 1. The Balaban J connectivity index is 1.47. The van der Waals surface area contributed by atoms with Crippen LogP contribution in [0, 0.1) is 35.9 Å². The molecule has 0 spiro atoms. The normalized spacial score (nSPS) is 23.5. The molecule has 0 aliphatic heterocycles. The second-order valence-corrected chi connectivity index (χ2v) is 9.32. The standard InChI is InChI=1S/C26H25FN6O2/c1-3-17-9-10-20-25(30-22-15-7-5-14(6-8-15)21(22)26(34)35-4-2)31-24(32-33(17)20)19-13-29-23-18(19)11-16(27)12-28-23/h1,9-15,21-22H,4-8H2,2H3,(H,28,29)(H,30,31,32)/t14?,15?,21-,22-/m0/s1. The summed E-state index contributed by atoms with van der Waals surface area (Å²) >= 11 is 0. The van der Waals surface area contributed by atoms with Crippen LogP contribution in [0.1, 0.15) is 38.3 Å². The van der Waals surface area contributed by atoms with Crippen LogP contribution in [0.4, 0.5) is 10.2 Å². The largest absolute Gasteiger partial charge is 0.466 e. The molecule has 178 valence electrons. The number of hydrogen-bond acceptors (Lipinski definition) is 6. The fourth-order valence-corrected chi connectivity index (χ4v) is 5.88. The van der Waals surface area contributed by atoms with Gasteiger partial charge in [-0.05, 0) is 62.6 Å². The van der Waals surface area contributed by atoms with Crippen molar-refractivity contribution in [1.82, 2.24) is 24.6 Å². The lowest BCUT2D eigenvalue weighted by Crippen LogP contribution is -2.52. The molecule has 35 heavy (non-hydrogen) atoms. The number of nitrogens with zero attached hydrogens (tertiary/aromatic N) is 4. The number of esters is 1. The quantitative estimate of drug-likeness (QED) is 0.334. The number of carbonyl (C=O) groups excluding carboxylic acids is 1. The molecule has 0 unspecified atom stereocenters. The van der Waals surface area contributed by atoms with Crippen LogP contribution in [-0.4, -0.2) is 43.2 Å². The maximum atomic E-state index is 14.0. The Labute approximate surface area is 201 Å². The van der Waals surface area contributed by atoms with Gasteiger partial charge in [-0.25, -0.2) is 18.9 Å². The minimum absolute atomic E-state index is 0.0978. The molecule has 4 heterocycles. The summed E-state index contributed by atoms with van der Waals surface area (Å²) in [5, 5.41) is 8.85. The van der Waals surface area contributed by atoms with Gasteiger partial charge in [0.05, 0.1) is 18.7 Å². The predicted octanol–water partition coefficient (Wildman–Crippen LogP) is 4.17. The first kappa shape index (κ1) is 21.6. The SMILES string of the molecule is C#Cc1ccc2c(N[C@H]3C4CCC(CC4)[C@@H]3C(=O)OCC)nc(-c3c[nH]c4ncc(F)cc34)nn12. The number of terminal acetylenes is 1. The van der Waals surface area contributed by atoms with E-state index in [1.807, 2.05) is 19.1 Å². The summed E-state index contributed by atoms with van der Waals surface area (Å²) < 4.78 is 21.1. The zero-order valence-electron chi connectivity index (χ0n) is 19.3. The number of H-pyrrole nitrogens is 1. The molecule has 9 heteroatoms. The average Bonchev–Trinajstić information content (AvgIpc) is 3.48. The van der Waals surface area contributed by atoms with Crippen molar-refractivity contribution in [3.05, 3.63) is 42.1 Å². The van der Waals surface area contributed by atoms with E-state index in [4.69, 9.17) is 16.1 Å². The molecule has 0 amide bonds. The fraction of sp³-hybridized carbons (Fsp3) is 0.385. The van der Waals surface area contributed by atoms with E-state index in [1.54, 1.807) is 10.7 Å². The lowest BCUT2D eigenvalue weighted by molar-refractivity contribution is -0.154. The Bertz CT molecular complexity index is 1480. The molecule has 3 aliphatic rings. The first-order chi connectivity index (χ1) is 17.1. The molecule has 2 N–H and O–H groups in total. The van der Waals surface area contributed by atoms with E-state index in [-0.39, 0.29) is 17.9 Å². The van der Waals surface area contributed by atoms with Gasteiger partial charge in [-0.2, -0.15) is 0 Å². The number of hydrogen-bond donors (Lipinski definition) is 2. The number of aromatic amines is 1. The number of nitrogens with one attached hydrogen (secondary N) is 2. The van der Waals surface area contributed by atoms with Crippen LogP contribution in [0.5, 0.6) is 0 Å². The smallest absolute Gasteiger partial charge is 0.311 e. The zero-order chi connectivity index (χ0) is 24.1. The van der Waals surface area contributed by atoms with Crippen molar-refractivity contribution in [1.29, 1.82) is 0 Å². The van der Waals surface area contributed by atoms with Crippen molar-refractivity contribution in [2.75, 3.05) is 11.9 Å². The van der Waals surface area contributed by atoms with Gasteiger partial charge in [-0.15, -0.1) is 11.5 Å². The van der Waals surface area contributed by atoms with Crippen LogP contribution in [0.25, 0.3) is 27.9 Å². The third kappa shape index (κ3) is 3.52. The maximum absolute atomic E-state index is 14.0. The summed E-state index contributed by atoms with van der Waals surface area (Å²) in [6.07, 6.45) is 12.8. The molecule has 4 aromatic heterocycles. The molecule has 4 aromatic rings. The number of halogens is 1. The molecule has 0 aromatic carbocycles. The average molecular weight is 473 g/mol. The summed E-state index contributed by atoms with van der Waals surface area (Å²) in [5.74, 6) is 3.44. The molecule has 2 bridgehead atoms. The summed E-state index contributed by atoms with van der Waals surface area (Å²) in [6, 6.07) is 4.99. The molecule has 0 saturated heterocycles. The summed E-state index contributed by atoms with van der Waals surface area (Å²) in [6.45, 7) is 2.19. The first-order valence-electron chi connectivity index (χ1n) is 12.0. The summed E-state index contributed by atoms with van der Waals surface area (Å²) in [7, 11) is 0. The van der Waals surface area contributed by atoms with Gasteiger partial charge in [-0.1, -0.05) is 5.92 Å². The van der Waals surface area contributed by atoms with Crippen molar-refractivity contribution in [2.45, 2.75) is 38.6 Å². The summed E-state index contributed by atoms with van der Waals surface area (Å²) in [4.78, 5) is 25.0. The highest BCUT2D eigenvalue weighted by molar-refractivity contribution is 5.92. The highest BCUT2D eigenvalue weighted by atomic mass is 19.1. The molecular formula is C26H25FN6O2. The molecule has 3 saturated carbocycles. The molecule has 3 fully saturated rings. The lowest BCUT2D eigenvalue weighted by atomic mass is 9.61. The van der Waals surface area contributed by atoms with E-state index < -0.39 is 5.82 Å². The van der Waals surface area contributed by atoms with Gasteiger partial charge in [0.2, 0.25) is 0 Å². The van der Waals surface area contributed by atoms with Gasteiger partial charge < -0.3 is 15.0 Å². The first-order valence-corrected chi connectivity index (χ1v) is 12.0. The number of anilines is 1. The third-order valence-electron chi connectivity index (χ3n) is 7.48. The molecule has 3 aliphatic carbocycles. The van der Waals surface area contributed by atoms with E-state index in [0.717, 1.165) is 37.4 Å². The van der Waals surface area contributed by atoms with Crippen molar-refractivity contribution in [3.8, 4) is 23.7 Å². The number of carbonyl (C=O) groups is 1. The molecule has 7 rings (SSSR count). The van der Waals surface area contributed by atoms with Crippen LogP contribution in [-0.2, 0) is 9.53 Å². The zero-order valence-corrected chi connectivity index (χ0v) is 19.3. The Kier molecular flexibility index (Phi) is 5.17. The van der Waals surface area contributed by atoms with Gasteiger partial charge in [0, 0.05) is 23.2 Å². The monoisotopic (exact) mass is 472 g/mol. The van der Waals surface area contributed by atoms with Crippen LogP contribution >= 0.6 is 0 Å². The second kappa shape index (κ2) is 8.38. The third-order valence-corrected chi connectivity index (χ3v) is 7.48. The molecular weight excluding hydrogens is 447 g/mol. The van der Waals surface area contributed by atoms with Crippen molar-refractivity contribution < 1.29 is 13.9 Å². The van der Waals surface area contributed by atoms with Crippen molar-refractivity contribution >= 4 is 28.3 Å². The fourth-order valence-electron chi connectivity index (χ4n) is 5.88. The van der Waals surface area contributed by atoms with Gasteiger partial charge in [0.1, 0.15) is 22.7 Å². The van der Waals surface area contributed by atoms with Crippen LogP contribution < -0.4 is 5.32 Å². The maximum Gasteiger partial charge on any atom is 0.311 e. The Hall–Kier alpha value is -3.93. The van der Waals surface area contributed by atoms with Crippen LogP contribution in [0.2, 0.25) is 0 Å². The Morgan fingerprint density at radius 2 is 2.11 bits per heavy atom. The van der Waals surface area contributed by atoms with Gasteiger partial charge in [0.15, 0.2) is 11.6 Å². The summed E-state index contributed by atoms with van der Waals surface area (Å²) in [5.41, 5.74) is 2.44. The van der Waals surface area contributed by atoms with Crippen LogP contribution in [0.3, 0.4) is 0 Å². The molecule has 8 nitrogen and oxygen atoms in total. The highest BCUT2D eigenvalue weighted by Gasteiger charge is 2.48. The predicted molar refractivity (Wildman–Crippen MR) is 129 cm³/mol. The minimum Gasteiger partial charge on any atom is -0.466 e. The van der Waals surface area contributed by atoms with Crippen LogP contribution in [0.15, 0.2) is 30.6 Å². The highest BCUT2D eigenvalue weighted by Crippen LogP contribution is 2.47. The van der Waals surface area contributed by atoms with E-state index in [9.17, 15) is 9.18 Å². The number of rotatable bonds is 5. The van der Waals surface area contributed by atoms with Crippen molar-refractivity contribution in [3.63, 3.8) is 0 Å².